The van der Waals surface area contributed by atoms with Crippen LogP contribution in [0.1, 0.15) is 47.5 Å². The van der Waals surface area contributed by atoms with Gasteiger partial charge < -0.3 is 10.2 Å². The van der Waals surface area contributed by atoms with Gasteiger partial charge in [-0.2, -0.15) is 0 Å². The fourth-order valence-electron chi connectivity index (χ4n) is 2.01. The molecular formula is C14H28N2O. The van der Waals surface area contributed by atoms with Crippen molar-refractivity contribution >= 4 is 5.91 Å². The third-order valence-electron chi connectivity index (χ3n) is 4.35. The van der Waals surface area contributed by atoms with Crippen molar-refractivity contribution in [3.05, 3.63) is 0 Å². The molecule has 0 aromatic heterocycles. The normalized spacial score (nSPS) is 18.8. The average Bonchev–Trinajstić information content (AvgIpc) is 2.27. The number of nitrogens with one attached hydrogen (secondary N) is 1. The molecule has 1 aliphatic rings. The Hall–Kier alpha value is -0.570. The van der Waals surface area contributed by atoms with Crippen molar-refractivity contribution in [3.8, 4) is 0 Å². The number of hydrogen-bond donors (Lipinski definition) is 1. The lowest BCUT2D eigenvalue weighted by Crippen LogP contribution is -2.47. The molecule has 0 bridgehead atoms. The van der Waals surface area contributed by atoms with Gasteiger partial charge in [0.15, 0.2) is 0 Å². The molecule has 0 radical (unpaired) electrons. The standard InChI is InChI=1S/C14H28N2O/c1-11(2)14(4,5)10-15-13-6-8-16(9-7-13)12(3)17/h11,13,15H,6-10H2,1-5H3. The molecule has 1 fully saturated rings. The van der Waals surface area contributed by atoms with Crippen LogP contribution in [0, 0.1) is 11.3 Å². The SMILES string of the molecule is CC(=O)N1CCC(NCC(C)(C)C(C)C)CC1. The third-order valence-corrected chi connectivity index (χ3v) is 4.35. The maximum atomic E-state index is 11.2. The first-order valence-corrected chi connectivity index (χ1v) is 6.82. The van der Waals surface area contributed by atoms with Crippen LogP contribution >= 0.6 is 0 Å². The Morgan fingerprint density at radius 1 is 1.35 bits per heavy atom. The van der Waals surface area contributed by atoms with Gasteiger partial charge in [-0.3, -0.25) is 4.79 Å². The van der Waals surface area contributed by atoms with Gasteiger partial charge in [-0.1, -0.05) is 27.7 Å². The summed E-state index contributed by atoms with van der Waals surface area (Å²) in [6, 6.07) is 0.587. The summed E-state index contributed by atoms with van der Waals surface area (Å²) in [5, 5.41) is 3.66. The molecule has 1 N–H and O–H groups in total. The third kappa shape index (κ3) is 4.30. The summed E-state index contributed by atoms with van der Waals surface area (Å²) < 4.78 is 0. The van der Waals surface area contributed by atoms with Crippen molar-refractivity contribution in [2.45, 2.75) is 53.5 Å². The molecule has 0 unspecified atom stereocenters. The lowest BCUT2D eigenvalue weighted by molar-refractivity contribution is -0.129. The highest BCUT2D eigenvalue weighted by Gasteiger charge is 2.25. The summed E-state index contributed by atoms with van der Waals surface area (Å²) >= 11 is 0. The molecule has 3 nitrogen and oxygen atoms in total. The van der Waals surface area contributed by atoms with E-state index in [0.29, 0.717) is 17.4 Å². The van der Waals surface area contributed by atoms with Crippen molar-refractivity contribution in [1.82, 2.24) is 10.2 Å². The highest BCUT2D eigenvalue weighted by molar-refractivity contribution is 5.73. The number of hydrogen-bond acceptors (Lipinski definition) is 2. The summed E-state index contributed by atoms with van der Waals surface area (Å²) in [4.78, 5) is 13.2. The fourth-order valence-corrected chi connectivity index (χ4v) is 2.01. The van der Waals surface area contributed by atoms with Crippen LogP contribution in [0.25, 0.3) is 0 Å². The fraction of sp³-hybridized carbons (Fsp3) is 0.929. The number of likely N-dealkylation sites (tertiary alicyclic amines) is 1. The smallest absolute Gasteiger partial charge is 0.219 e. The number of amides is 1. The number of carbonyl (C=O) groups is 1. The number of rotatable bonds is 4. The first-order valence-electron chi connectivity index (χ1n) is 6.82. The Morgan fingerprint density at radius 3 is 2.29 bits per heavy atom. The zero-order chi connectivity index (χ0) is 13.1. The van der Waals surface area contributed by atoms with Crippen molar-refractivity contribution in [2.75, 3.05) is 19.6 Å². The molecule has 0 aromatic rings. The van der Waals surface area contributed by atoms with Crippen LogP contribution in [0.5, 0.6) is 0 Å². The summed E-state index contributed by atoms with van der Waals surface area (Å²) in [7, 11) is 0. The second-order valence-electron chi connectivity index (χ2n) is 6.30. The minimum Gasteiger partial charge on any atom is -0.343 e. The molecule has 0 saturated carbocycles. The molecule has 1 aliphatic heterocycles. The molecule has 0 atom stereocenters. The van der Waals surface area contributed by atoms with E-state index in [0.717, 1.165) is 32.5 Å². The van der Waals surface area contributed by atoms with Gasteiger partial charge in [0.05, 0.1) is 0 Å². The Bertz CT molecular complexity index is 253. The first-order chi connectivity index (χ1) is 7.83. The number of piperidine rings is 1. The molecule has 0 spiro atoms. The Balaban J connectivity index is 2.29. The van der Waals surface area contributed by atoms with Gasteiger partial charge in [0, 0.05) is 32.6 Å². The van der Waals surface area contributed by atoms with Gasteiger partial charge in [-0.05, 0) is 24.2 Å². The van der Waals surface area contributed by atoms with E-state index in [-0.39, 0.29) is 5.91 Å². The van der Waals surface area contributed by atoms with E-state index in [4.69, 9.17) is 0 Å². The van der Waals surface area contributed by atoms with E-state index >= 15 is 0 Å². The van der Waals surface area contributed by atoms with Crippen LogP contribution in [-0.4, -0.2) is 36.5 Å². The van der Waals surface area contributed by atoms with Gasteiger partial charge in [0.1, 0.15) is 0 Å². The Kier molecular flexibility index (Phi) is 4.99. The quantitative estimate of drug-likeness (QED) is 0.817. The monoisotopic (exact) mass is 240 g/mol. The first kappa shape index (κ1) is 14.5. The second kappa shape index (κ2) is 5.85. The van der Waals surface area contributed by atoms with Crippen LogP contribution < -0.4 is 5.32 Å². The predicted octanol–water partition coefficient (Wildman–Crippen LogP) is 2.27. The summed E-state index contributed by atoms with van der Waals surface area (Å²) in [5.41, 5.74) is 0.345. The van der Waals surface area contributed by atoms with E-state index in [1.807, 2.05) is 4.90 Å². The van der Waals surface area contributed by atoms with Crippen molar-refractivity contribution < 1.29 is 4.79 Å². The van der Waals surface area contributed by atoms with Crippen LogP contribution in [0.3, 0.4) is 0 Å². The maximum Gasteiger partial charge on any atom is 0.219 e. The van der Waals surface area contributed by atoms with Crippen LogP contribution in [0.15, 0.2) is 0 Å². The van der Waals surface area contributed by atoms with E-state index in [1.165, 1.54) is 0 Å². The van der Waals surface area contributed by atoms with Gasteiger partial charge in [-0.15, -0.1) is 0 Å². The zero-order valence-electron chi connectivity index (χ0n) is 12.0. The molecule has 0 aromatic carbocycles. The maximum absolute atomic E-state index is 11.2. The number of carbonyl (C=O) groups excluding carboxylic acids is 1. The predicted molar refractivity (Wildman–Crippen MR) is 71.9 cm³/mol. The van der Waals surface area contributed by atoms with Crippen LogP contribution in [-0.2, 0) is 4.79 Å². The molecule has 0 aliphatic carbocycles. The molecular weight excluding hydrogens is 212 g/mol. The topological polar surface area (TPSA) is 32.3 Å². The van der Waals surface area contributed by atoms with Crippen LogP contribution in [0.4, 0.5) is 0 Å². The lowest BCUT2D eigenvalue weighted by Gasteiger charge is -2.35. The minimum atomic E-state index is 0.214. The van der Waals surface area contributed by atoms with Crippen molar-refractivity contribution in [3.63, 3.8) is 0 Å². The summed E-state index contributed by atoms with van der Waals surface area (Å²) in [6.07, 6.45) is 2.18. The average molecular weight is 240 g/mol. The van der Waals surface area contributed by atoms with Gasteiger partial charge in [0.25, 0.3) is 0 Å². The molecule has 1 amide bonds. The Labute approximate surface area is 106 Å². The highest BCUT2D eigenvalue weighted by atomic mass is 16.2. The van der Waals surface area contributed by atoms with Gasteiger partial charge in [0.2, 0.25) is 5.91 Å². The van der Waals surface area contributed by atoms with Crippen LogP contribution in [0.2, 0.25) is 0 Å². The summed E-state index contributed by atoms with van der Waals surface area (Å²) in [6.45, 7) is 13.7. The molecule has 1 heterocycles. The van der Waals surface area contributed by atoms with E-state index in [9.17, 15) is 4.79 Å². The highest BCUT2D eigenvalue weighted by Crippen LogP contribution is 2.25. The van der Waals surface area contributed by atoms with Gasteiger partial charge >= 0.3 is 0 Å². The molecule has 1 saturated heterocycles. The van der Waals surface area contributed by atoms with E-state index < -0.39 is 0 Å². The van der Waals surface area contributed by atoms with Gasteiger partial charge in [-0.25, -0.2) is 0 Å². The lowest BCUT2D eigenvalue weighted by atomic mass is 9.81. The molecule has 100 valence electrons. The largest absolute Gasteiger partial charge is 0.343 e. The zero-order valence-corrected chi connectivity index (χ0v) is 12.0. The molecule has 3 heteroatoms. The number of nitrogens with zero attached hydrogens (tertiary/aromatic N) is 1. The molecule has 17 heavy (non-hydrogen) atoms. The summed E-state index contributed by atoms with van der Waals surface area (Å²) in [5.74, 6) is 0.901. The molecule has 1 rings (SSSR count). The second-order valence-corrected chi connectivity index (χ2v) is 6.30. The Morgan fingerprint density at radius 2 is 1.88 bits per heavy atom. The van der Waals surface area contributed by atoms with E-state index in [1.54, 1.807) is 6.92 Å². The van der Waals surface area contributed by atoms with E-state index in [2.05, 4.69) is 33.0 Å². The van der Waals surface area contributed by atoms with Crippen molar-refractivity contribution in [1.29, 1.82) is 0 Å². The minimum absolute atomic E-state index is 0.214. The van der Waals surface area contributed by atoms with Crippen molar-refractivity contribution in [2.24, 2.45) is 11.3 Å².